The van der Waals surface area contributed by atoms with Crippen LogP contribution in [0.2, 0.25) is 0 Å². The molecule has 0 spiro atoms. The minimum absolute atomic E-state index is 0.133. The molecule has 4 nitrogen and oxygen atoms in total. The minimum Gasteiger partial charge on any atom is -0.476 e. The molecule has 0 radical (unpaired) electrons. The van der Waals surface area contributed by atoms with Crippen LogP contribution in [0.5, 0.6) is 0 Å². The van der Waals surface area contributed by atoms with E-state index < -0.39 is 5.97 Å². The Hall–Kier alpha value is -1.88. The number of aromatic nitrogens is 1. The molecule has 0 aliphatic rings. The summed E-state index contributed by atoms with van der Waals surface area (Å²) in [4.78, 5) is 14.8. The molecule has 2 N–H and O–H groups in total. The number of nitrogens with one attached hydrogen (secondary N) is 1. The molecule has 1 aromatic heterocycles. The predicted octanol–water partition coefficient (Wildman–Crippen LogP) is 3.58. The van der Waals surface area contributed by atoms with E-state index in [9.17, 15) is 4.79 Å². The van der Waals surface area contributed by atoms with E-state index in [0.717, 1.165) is 22.7 Å². The average Bonchev–Trinajstić information content (AvgIpc) is 2.85. The number of carboxylic acids is 1. The van der Waals surface area contributed by atoms with Crippen molar-refractivity contribution in [2.75, 3.05) is 5.32 Å². The molecule has 2 rings (SSSR count). The zero-order chi connectivity index (χ0) is 13.8. The second-order valence-electron chi connectivity index (χ2n) is 4.54. The Morgan fingerprint density at radius 2 is 2.16 bits per heavy atom. The molecule has 2 aromatic rings. The molecule has 0 aliphatic carbocycles. The molecule has 0 bridgehead atoms. The summed E-state index contributed by atoms with van der Waals surface area (Å²) < 4.78 is 0. The first-order chi connectivity index (χ1) is 9.08. The summed E-state index contributed by atoms with van der Waals surface area (Å²) in [5.41, 5.74) is 3.07. The summed E-state index contributed by atoms with van der Waals surface area (Å²) in [6.07, 6.45) is 0. The molecule has 5 heteroatoms. The largest absolute Gasteiger partial charge is 0.476 e. The lowest BCUT2D eigenvalue weighted by Crippen LogP contribution is -2.04. The number of hydrogen-bond acceptors (Lipinski definition) is 4. The van der Waals surface area contributed by atoms with Gasteiger partial charge in [0.2, 0.25) is 5.01 Å². The number of para-hydroxylation sites is 1. The molecule has 0 saturated heterocycles. The maximum atomic E-state index is 10.8. The van der Waals surface area contributed by atoms with Crippen molar-refractivity contribution in [3.05, 3.63) is 45.9 Å². The summed E-state index contributed by atoms with van der Waals surface area (Å²) in [7, 11) is 0. The van der Waals surface area contributed by atoms with Crippen molar-refractivity contribution < 1.29 is 9.90 Å². The van der Waals surface area contributed by atoms with Gasteiger partial charge in [-0.25, -0.2) is 9.78 Å². The Kier molecular flexibility index (Phi) is 4.16. The van der Waals surface area contributed by atoms with Gasteiger partial charge in [0, 0.05) is 11.1 Å². The third-order valence-electron chi connectivity index (χ3n) is 2.78. The third-order valence-corrected chi connectivity index (χ3v) is 3.66. The van der Waals surface area contributed by atoms with Gasteiger partial charge < -0.3 is 10.4 Å². The topological polar surface area (TPSA) is 62.2 Å². The van der Waals surface area contributed by atoms with Gasteiger partial charge in [-0.05, 0) is 17.5 Å². The zero-order valence-corrected chi connectivity index (χ0v) is 11.7. The van der Waals surface area contributed by atoms with Gasteiger partial charge in [-0.15, -0.1) is 11.3 Å². The van der Waals surface area contributed by atoms with Gasteiger partial charge in [0.25, 0.3) is 0 Å². The Bertz CT molecular complexity index is 578. The number of aromatic carboxylic acids is 1. The van der Waals surface area contributed by atoms with Gasteiger partial charge >= 0.3 is 5.97 Å². The van der Waals surface area contributed by atoms with E-state index in [-0.39, 0.29) is 5.01 Å². The Morgan fingerprint density at radius 3 is 2.79 bits per heavy atom. The first kappa shape index (κ1) is 13.5. The quantitative estimate of drug-likeness (QED) is 0.876. The molecule has 19 heavy (non-hydrogen) atoms. The van der Waals surface area contributed by atoms with Crippen LogP contribution in [-0.2, 0) is 6.54 Å². The standard InChI is InChI=1S/C14H16N2O2S/c1-9(2)11-5-3-4-6-12(11)15-7-10-8-19-13(16-10)14(17)18/h3-6,8-9,15H,7H2,1-2H3,(H,17,18). The van der Waals surface area contributed by atoms with Crippen LogP contribution in [0.4, 0.5) is 5.69 Å². The molecule has 0 saturated carbocycles. The van der Waals surface area contributed by atoms with Crippen molar-refractivity contribution in [1.82, 2.24) is 4.98 Å². The van der Waals surface area contributed by atoms with E-state index in [0.29, 0.717) is 12.5 Å². The second kappa shape index (κ2) is 5.84. The van der Waals surface area contributed by atoms with Crippen molar-refractivity contribution in [3.63, 3.8) is 0 Å². The highest BCUT2D eigenvalue weighted by molar-refractivity contribution is 7.11. The number of hydrogen-bond donors (Lipinski definition) is 2. The van der Waals surface area contributed by atoms with E-state index in [4.69, 9.17) is 5.11 Å². The molecular formula is C14H16N2O2S. The Labute approximate surface area is 116 Å². The fourth-order valence-electron chi connectivity index (χ4n) is 1.83. The number of benzene rings is 1. The van der Waals surface area contributed by atoms with Crippen molar-refractivity contribution in [3.8, 4) is 0 Å². The summed E-state index contributed by atoms with van der Waals surface area (Å²) >= 11 is 1.15. The van der Waals surface area contributed by atoms with Gasteiger partial charge in [-0.2, -0.15) is 0 Å². The number of thiazole rings is 1. The first-order valence-electron chi connectivity index (χ1n) is 6.08. The van der Waals surface area contributed by atoms with Crippen molar-refractivity contribution >= 4 is 23.0 Å². The van der Waals surface area contributed by atoms with Crippen molar-refractivity contribution in [2.45, 2.75) is 26.3 Å². The Balaban J connectivity index is 2.08. The van der Waals surface area contributed by atoms with E-state index in [1.807, 2.05) is 18.2 Å². The lowest BCUT2D eigenvalue weighted by Gasteiger charge is -2.13. The predicted molar refractivity (Wildman–Crippen MR) is 76.9 cm³/mol. The summed E-state index contributed by atoms with van der Waals surface area (Å²) in [5.74, 6) is -0.535. The third kappa shape index (κ3) is 3.32. The minimum atomic E-state index is -0.973. The maximum Gasteiger partial charge on any atom is 0.365 e. The van der Waals surface area contributed by atoms with E-state index in [1.54, 1.807) is 5.38 Å². The highest BCUT2D eigenvalue weighted by atomic mass is 32.1. The molecule has 0 aliphatic heterocycles. The number of carboxylic acid groups (broad SMARTS) is 1. The van der Waals surface area contributed by atoms with Gasteiger partial charge in [-0.1, -0.05) is 32.0 Å². The Morgan fingerprint density at radius 1 is 1.42 bits per heavy atom. The molecule has 0 unspecified atom stereocenters. The summed E-state index contributed by atoms with van der Waals surface area (Å²) in [6, 6.07) is 8.13. The van der Waals surface area contributed by atoms with Gasteiger partial charge in [0.05, 0.1) is 12.2 Å². The monoisotopic (exact) mass is 276 g/mol. The van der Waals surface area contributed by atoms with E-state index >= 15 is 0 Å². The molecule has 1 heterocycles. The van der Waals surface area contributed by atoms with Crippen LogP contribution in [0.1, 0.15) is 40.8 Å². The van der Waals surface area contributed by atoms with Crippen LogP contribution in [0, 0.1) is 0 Å². The highest BCUT2D eigenvalue weighted by Crippen LogP contribution is 2.24. The van der Waals surface area contributed by atoms with Crippen LogP contribution < -0.4 is 5.32 Å². The molecule has 100 valence electrons. The van der Waals surface area contributed by atoms with Crippen LogP contribution in [-0.4, -0.2) is 16.1 Å². The summed E-state index contributed by atoms with van der Waals surface area (Å²) in [6.45, 7) is 4.82. The second-order valence-corrected chi connectivity index (χ2v) is 5.40. The normalized spacial score (nSPS) is 10.7. The fraction of sp³-hybridized carbons (Fsp3) is 0.286. The van der Waals surface area contributed by atoms with E-state index in [2.05, 4.69) is 30.2 Å². The lowest BCUT2D eigenvalue weighted by atomic mass is 10.0. The number of carbonyl (C=O) groups is 1. The highest BCUT2D eigenvalue weighted by Gasteiger charge is 2.10. The van der Waals surface area contributed by atoms with Crippen LogP contribution in [0.3, 0.4) is 0 Å². The SMILES string of the molecule is CC(C)c1ccccc1NCc1csc(C(=O)O)n1. The average molecular weight is 276 g/mol. The smallest absolute Gasteiger partial charge is 0.365 e. The lowest BCUT2D eigenvalue weighted by molar-refractivity contribution is 0.0696. The maximum absolute atomic E-state index is 10.8. The van der Waals surface area contributed by atoms with Gasteiger partial charge in [0.1, 0.15) is 0 Å². The van der Waals surface area contributed by atoms with Crippen LogP contribution >= 0.6 is 11.3 Å². The van der Waals surface area contributed by atoms with Crippen molar-refractivity contribution in [1.29, 1.82) is 0 Å². The summed E-state index contributed by atoms with van der Waals surface area (Å²) in [5, 5.41) is 14.0. The molecular weight excluding hydrogens is 260 g/mol. The zero-order valence-electron chi connectivity index (χ0n) is 10.9. The van der Waals surface area contributed by atoms with Gasteiger partial charge in [0.15, 0.2) is 0 Å². The van der Waals surface area contributed by atoms with Gasteiger partial charge in [-0.3, -0.25) is 0 Å². The fourth-order valence-corrected chi connectivity index (χ4v) is 2.49. The van der Waals surface area contributed by atoms with Crippen molar-refractivity contribution in [2.24, 2.45) is 0 Å². The molecule has 1 aromatic carbocycles. The molecule has 0 amide bonds. The number of nitrogens with zero attached hydrogens (tertiary/aromatic N) is 1. The van der Waals surface area contributed by atoms with Crippen LogP contribution in [0.25, 0.3) is 0 Å². The number of rotatable bonds is 5. The van der Waals surface area contributed by atoms with E-state index in [1.165, 1.54) is 5.56 Å². The van der Waals surface area contributed by atoms with Crippen LogP contribution in [0.15, 0.2) is 29.6 Å². The number of anilines is 1. The molecule has 0 fully saturated rings. The molecule has 0 atom stereocenters. The first-order valence-corrected chi connectivity index (χ1v) is 6.96.